The van der Waals surface area contributed by atoms with Crippen LogP contribution in [0.15, 0.2) is 46.8 Å². The molecule has 3 aromatic rings. The summed E-state index contributed by atoms with van der Waals surface area (Å²) in [5, 5.41) is 4.99. The second-order valence-corrected chi connectivity index (χ2v) is 14.1. The fraction of sp³-hybridized carbons (Fsp3) is 0.400. The molecule has 2 aromatic carbocycles. The van der Waals surface area contributed by atoms with Gasteiger partial charge in [0.2, 0.25) is 0 Å². The first kappa shape index (κ1) is 28.5. The Balaban J connectivity index is 1.45. The fourth-order valence-electron chi connectivity index (χ4n) is 5.06. The van der Waals surface area contributed by atoms with Crippen molar-refractivity contribution >= 4 is 67.0 Å². The molecule has 39 heavy (non-hydrogen) atoms. The van der Waals surface area contributed by atoms with Gasteiger partial charge in [-0.15, -0.1) is 34.5 Å². The SMILES string of the molecule is COc1ccc(CN(c2nccs2)S(=O)(=O)c2cc(Cl)c(NC3CC4C(C[C@@H]3N)C4(Cl)Cl)cc2F)c(OC)c1. The molecule has 3 unspecified atom stereocenters. The van der Waals surface area contributed by atoms with E-state index in [1.165, 1.54) is 20.4 Å². The minimum Gasteiger partial charge on any atom is -0.497 e. The Morgan fingerprint density at radius 2 is 1.95 bits per heavy atom. The number of nitrogens with one attached hydrogen (secondary N) is 1. The lowest BCUT2D eigenvalue weighted by molar-refractivity contribution is 0.387. The van der Waals surface area contributed by atoms with E-state index in [0.29, 0.717) is 29.9 Å². The zero-order chi connectivity index (χ0) is 28.1. The molecular formula is C25H26Cl3FN4O4S2. The molecule has 1 aromatic heterocycles. The molecule has 2 saturated carbocycles. The first-order valence-electron chi connectivity index (χ1n) is 12.0. The summed E-state index contributed by atoms with van der Waals surface area (Å²) >= 11 is 20.3. The van der Waals surface area contributed by atoms with Crippen molar-refractivity contribution < 1.29 is 22.3 Å². The molecule has 0 saturated heterocycles. The van der Waals surface area contributed by atoms with Gasteiger partial charge in [-0.05, 0) is 48.9 Å². The number of hydrogen-bond acceptors (Lipinski definition) is 8. The zero-order valence-corrected chi connectivity index (χ0v) is 24.8. The fourth-order valence-corrected chi connectivity index (χ4v) is 8.53. The van der Waals surface area contributed by atoms with Crippen LogP contribution in [-0.4, -0.2) is 44.0 Å². The average molecular weight is 636 g/mol. The van der Waals surface area contributed by atoms with Gasteiger partial charge in [-0.2, -0.15) is 0 Å². The van der Waals surface area contributed by atoms with E-state index in [2.05, 4.69) is 10.3 Å². The van der Waals surface area contributed by atoms with Crippen molar-refractivity contribution in [2.24, 2.45) is 17.6 Å². The van der Waals surface area contributed by atoms with Crippen LogP contribution in [0.3, 0.4) is 0 Å². The van der Waals surface area contributed by atoms with Crippen molar-refractivity contribution in [1.82, 2.24) is 4.98 Å². The molecule has 0 bridgehead atoms. The Labute approximate surface area is 245 Å². The number of thiazole rings is 1. The van der Waals surface area contributed by atoms with Crippen LogP contribution in [0.2, 0.25) is 5.02 Å². The number of alkyl halides is 2. The minimum atomic E-state index is -4.45. The van der Waals surface area contributed by atoms with Gasteiger partial charge >= 0.3 is 0 Å². The third kappa shape index (κ3) is 5.37. The predicted molar refractivity (Wildman–Crippen MR) is 152 cm³/mol. The minimum absolute atomic E-state index is 0.0317. The van der Waals surface area contributed by atoms with Crippen LogP contribution in [0.25, 0.3) is 0 Å². The van der Waals surface area contributed by atoms with E-state index in [4.69, 9.17) is 50.0 Å². The van der Waals surface area contributed by atoms with E-state index >= 15 is 4.39 Å². The molecule has 0 radical (unpaired) electrons. The summed E-state index contributed by atoms with van der Waals surface area (Å²) in [5.74, 6) is 0.197. The number of nitrogens with two attached hydrogens (primary N) is 1. The van der Waals surface area contributed by atoms with Crippen molar-refractivity contribution in [3.8, 4) is 11.5 Å². The highest BCUT2D eigenvalue weighted by Crippen LogP contribution is 2.65. The van der Waals surface area contributed by atoms with E-state index in [9.17, 15) is 8.42 Å². The lowest BCUT2D eigenvalue weighted by Crippen LogP contribution is -2.43. The van der Waals surface area contributed by atoms with Crippen LogP contribution in [0.5, 0.6) is 11.5 Å². The predicted octanol–water partition coefficient (Wildman–Crippen LogP) is 5.67. The number of fused-ring (bicyclic) bond motifs is 1. The highest BCUT2D eigenvalue weighted by Gasteiger charge is 2.65. The van der Waals surface area contributed by atoms with Gasteiger partial charge in [-0.3, -0.25) is 0 Å². The van der Waals surface area contributed by atoms with Gasteiger partial charge in [0.05, 0.1) is 31.5 Å². The average Bonchev–Trinajstić information content (AvgIpc) is 3.23. The van der Waals surface area contributed by atoms with Crippen LogP contribution in [0, 0.1) is 17.7 Å². The van der Waals surface area contributed by atoms with E-state index in [1.807, 2.05) is 0 Å². The third-order valence-corrected chi connectivity index (χ3v) is 11.4. The van der Waals surface area contributed by atoms with E-state index in [-0.39, 0.29) is 46.3 Å². The van der Waals surface area contributed by atoms with Crippen LogP contribution in [0.4, 0.5) is 15.2 Å². The summed E-state index contributed by atoms with van der Waals surface area (Å²) < 4.78 is 54.2. The highest BCUT2D eigenvalue weighted by molar-refractivity contribution is 7.93. The van der Waals surface area contributed by atoms with Gasteiger partial charge < -0.3 is 20.5 Å². The maximum atomic E-state index is 15.5. The molecule has 0 amide bonds. The zero-order valence-electron chi connectivity index (χ0n) is 20.9. The largest absolute Gasteiger partial charge is 0.497 e. The van der Waals surface area contributed by atoms with Gasteiger partial charge in [0.1, 0.15) is 26.5 Å². The number of methoxy groups -OCH3 is 2. The number of ether oxygens (including phenoxy) is 2. The summed E-state index contributed by atoms with van der Waals surface area (Å²) in [6.45, 7) is -0.168. The van der Waals surface area contributed by atoms with Gasteiger partial charge in [-0.1, -0.05) is 11.6 Å². The van der Waals surface area contributed by atoms with Crippen LogP contribution in [-0.2, 0) is 16.6 Å². The molecule has 0 aliphatic heterocycles. The van der Waals surface area contributed by atoms with Crippen molar-refractivity contribution in [2.75, 3.05) is 23.8 Å². The number of halogens is 4. The molecule has 0 spiro atoms. The lowest BCUT2D eigenvalue weighted by atomic mass is 9.91. The molecule has 210 valence electrons. The molecule has 2 aliphatic carbocycles. The maximum Gasteiger partial charge on any atom is 0.269 e. The molecule has 8 nitrogen and oxygen atoms in total. The Bertz CT molecular complexity index is 1480. The summed E-state index contributed by atoms with van der Waals surface area (Å²) in [4.78, 5) is 3.58. The van der Waals surface area contributed by atoms with Crippen LogP contribution < -0.4 is 24.8 Å². The number of sulfonamides is 1. The number of rotatable bonds is 9. The number of hydrogen-bond donors (Lipinski definition) is 2. The molecule has 1 heterocycles. The van der Waals surface area contributed by atoms with Crippen molar-refractivity contribution in [2.45, 2.75) is 40.7 Å². The van der Waals surface area contributed by atoms with E-state index in [1.54, 1.807) is 23.6 Å². The monoisotopic (exact) mass is 634 g/mol. The Morgan fingerprint density at radius 1 is 1.21 bits per heavy atom. The van der Waals surface area contributed by atoms with Crippen molar-refractivity contribution in [1.29, 1.82) is 0 Å². The van der Waals surface area contributed by atoms with Crippen molar-refractivity contribution in [3.63, 3.8) is 0 Å². The standard InChI is InChI=1S/C25H26Cl3FN4O4S2/c1-36-14-4-3-13(22(7-14)37-2)12-33(24-31-5-6-38-24)39(34,35)23-10-17(26)20(11-18(23)29)32-21-9-16-15(8-19(21)30)25(16,27)28/h3-7,10-11,15-16,19,21,32H,8-9,12,30H2,1-2H3/t15?,16?,19-,21?/m0/s1. The van der Waals surface area contributed by atoms with Gasteiger partial charge in [0.25, 0.3) is 10.0 Å². The first-order valence-corrected chi connectivity index (χ1v) is 15.4. The van der Waals surface area contributed by atoms with Crippen molar-refractivity contribution in [3.05, 3.63) is 58.3 Å². The highest BCUT2D eigenvalue weighted by atomic mass is 35.5. The quantitative estimate of drug-likeness (QED) is 0.292. The second-order valence-electron chi connectivity index (χ2n) is 9.54. The molecular weight excluding hydrogens is 610 g/mol. The topological polar surface area (TPSA) is 107 Å². The molecule has 14 heteroatoms. The number of anilines is 2. The second kappa shape index (κ2) is 10.8. The summed E-state index contributed by atoms with van der Waals surface area (Å²) in [5.41, 5.74) is 7.08. The number of benzene rings is 2. The molecule has 5 rings (SSSR count). The number of aromatic nitrogens is 1. The Morgan fingerprint density at radius 3 is 2.62 bits per heavy atom. The van der Waals surface area contributed by atoms with E-state index in [0.717, 1.165) is 27.8 Å². The Kier molecular flexibility index (Phi) is 7.86. The molecule has 3 N–H and O–H groups in total. The molecule has 2 fully saturated rings. The molecule has 4 atom stereocenters. The van der Waals surface area contributed by atoms with Crippen LogP contribution in [0.1, 0.15) is 18.4 Å². The summed E-state index contributed by atoms with van der Waals surface area (Å²) in [6, 6.07) is 6.65. The maximum absolute atomic E-state index is 15.5. The number of nitrogens with zero attached hydrogens (tertiary/aromatic N) is 2. The first-order chi connectivity index (χ1) is 18.5. The van der Waals surface area contributed by atoms with Gasteiger partial charge in [-0.25, -0.2) is 22.1 Å². The summed E-state index contributed by atoms with van der Waals surface area (Å²) in [7, 11) is -1.47. The Hall–Kier alpha value is -2.02. The van der Waals surface area contributed by atoms with E-state index < -0.39 is 25.1 Å². The molecule has 2 aliphatic rings. The normalized spacial score (nSPS) is 23.6. The lowest BCUT2D eigenvalue weighted by Gasteiger charge is -2.30. The van der Waals surface area contributed by atoms with Gasteiger partial charge in [0.15, 0.2) is 5.13 Å². The van der Waals surface area contributed by atoms with Crippen LogP contribution >= 0.6 is 46.1 Å². The third-order valence-electron chi connectivity index (χ3n) is 7.29. The summed E-state index contributed by atoms with van der Waals surface area (Å²) in [6.07, 6.45) is 2.69. The smallest absolute Gasteiger partial charge is 0.269 e. The van der Waals surface area contributed by atoms with Gasteiger partial charge in [0, 0.05) is 35.3 Å².